The van der Waals surface area contributed by atoms with E-state index in [0.717, 1.165) is 27.8 Å². The Morgan fingerprint density at radius 2 is 1.57 bits per heavy atom. The lowest BCUT2D eigenvalue weighted by Gasteiger charge is -2.18. The molecular weight excluding hydrogens is 442 g/mol. The average molecular weight is 468 g/mol. The van der Waals surface area contributed by atoms with Crippen LogP contribution in [0.3, 0.4) is 0 Å². The number of benzene rings is 3. The Balaban J connectivity index is 1.27. The summed E-state index contributed by atoms with van der Waals surface area (Å²) >= 11 is 0. The molecule has 7 heteroatoms. The molecule has 0 saturated heterocycles. The second-order valence-corrected chi connectivity index (χ2v) is 8.58. The number of hydrogen-bond acceptors (Lipinski definition) is 4. The first kappa shape index (κ1) is 22.4. The highest BCUT2D eigenvalue weighted by Crippen LogP contribution is 2.44. The number of nitrogens with one attached hydrogen (secondary N) is 1. The van der Waals surface area contributed by atoms with E-state index in [0.29, 0.717) is 12.1 Å². The molecule has 1 amide bonds. The van der Waals surface area contributed by atoms with Gasteiger partial charge in [0.15, 0.2) is 0 Å². The summed E-state index contributed by atoms with van der Waals surface area (Å²) < 4.78 is 7.33. The fourth-order valence-corrected chi connectivity index (χ4v) is 4.63. The van der Waals surface area contributed by atoms with Crippen molar-refractivity contribution in [3.8, 4) is 11.1 Å². The summed E-state index contributed by atoms with van der Waals surface area (Å²) in [7, 11) is 0. The smallest absolute Gasteiger partial charge is 0.407 e. The first-order valence-corrected chi connectivity index (χ1v) is 11.5. The zero-order valence-electron chi connectivity index (χ0n) is 19.0. The molecule has 4 aromatic rings. The van der Waals surface area contributed by atoms with Crippen LogP contribution in [-0.2, 0) is 16.1 Å². The number of aromatic nitrogens is 2. The fourth-order valence-electron chi connectivity index (χ4n) is 4.63. The second kappa shape index (κ2) is 9.85. The van der Waals surface area contributed by atoms with Gasteiger partial charge in [-0.25, -0.2) is 4.79 Å². The van der Waals surface area contributed by atoms with Gasteiger partial charge in [-0.05, 0) is 27.8 Å². The predicted molar refractivity (Wildman–Crippen MR) is 131 cm³/mol. The number of carboxylic acid groups (broad SMARTS) is 1. The van der Waals surface area contributed by atoms with Crippen molar-refractivity contribution in [1.82, 2.24) is 15.1 Å². The van der Waals surface area contributed by atoms with Crippen molar-refractivity contribution in [2.45, 2.75) is 24.9 Å². The Bertz CT molecular complexity index is 1300. The van der Waals surface area contributed by atoms with Gasteiger partial charge in [-0.2, -0.15) is 5.10 Å². The summed E-state index contributed by atoms with van der Waals surface area (Å²) in [5.74, 6) is -1.09. The fraction of sp³-hybridized carbons (Fsp3) is 0.179. The molecular formula is C28H25N3O4. The van der Waals surface area contributed by atoms with E-state index in [-0.39, 0.29) is 18.9 Å². The molecule has 0 fully saturated rings. The molecule has 1 atom stereocenters. The van der Waals surface area contributed by atoms with Gasteiger partial charge in [-0.1, -0.05) is 78.9 Å². The molecule has 1 aliphatic rings. The van der Waals surface area contributed by atoms with E-state index in [9.17, 15) is 14.7 Å². The zero-order valence-corrected chi connectivity index (χ0v) is 19.0. The standard InChI is InChI=1S/C28H25N3O4/c32-27(33)14-26(20-15-29-31(17-20)16-19-8-2-1-3-9-19)30-28(34)35-18-25-23-12-6-4-10-21(23)22-11-5-7-13-24(22)25/h1-13,15,17,25-26H,14,16,18H2,(H,30,34)(H,32,33)/t26-/m0/s1. The number of ether oxygens (including phenoxy) is 1. The van der Waals surface area contributed by atoms with E-state index < -0.39 is 18.1 Å². The first-order chi connectivity index (χ1) is 17.1. The highest BCUT2D eigenvalue weighted by molar-refractivity contribution is 5.79. The summed E-state index contributed by atoms with van der Waals surface area (Å²) in [6.45, 7) is 0.707. The quantitative estimate of drug-likeness (QED) is 0.381. The summed E-state index contributed by atoms with van der Waals surface area (Å²) in [5.41, 5.74) is 6.20. The number of carbonyl (C=O) groups is 2. The van der Waals surface area contributed by atoms with Crippen molar-refractivity contribution in [3.05, 3.63) is 114 Å². The van der Waals surface area contributed by atoms with E-state index in [1.54, 1.807) is 17.1 Å². The van der Waals surface area contributed by atoms with E-state index in [1.165, 1.54) is 0 Å². The summed E-state index contributed by atoms with van der Waals surface area (Å²) in [5, 5.41) is 16.5. The average Bonchev–Trinajstić information content (AvgIpc) is 3.45. The number of carboxylic acids is 1. The van der Waals surface area contributed by atoms with Gasteiger partial charge in [-0.15, -0.1) is 0 Å². The van der Waals surface area contributed by atoms with Gasteiger partial charge in [0.1, 0.15) is 6.61 Å². The van der Waals surface area contributed by atoms with E-state index in [4.69, 9.17) is 4.74 Å². The molecule has 0 radical (unpaired) electrons. The van der Waals surface area contributed by atoms with Gasteiger partial charge in [0, 0.05) is 17.7 Å². The Labute approximate surface area is 203 Å². The third kappa shape index (κ3) is 4.94. The highest BCUT2D eigenvalue weighted by atomic mass is 16.5. The van der Waals surface area contributed by atoms with Gasteiger partial charge in [0.25, 0.3) is 0 Å². The third-order valence-electron chi connectivity index (χ3n) is 6.26. The molecule has 0 aliphatic heterocycles. The number of carbonyl (C=O) groups excluding carboxylic acids is 1. The lowest BCUT2D eigenvalue weighted by Crippen LogP contribution is -2.31. The molecule has 0 bridgehead atoms. The lowest BCUT2D eigenvalue weighted by molar-refractivity contribution is -0.137. The number of alkyl carbamates (subject to hydrolysis) is 1. The van der Waals surface area contributed by atoms with Crippen LogP contribution in [0.2, 0.25) is 0 Å². The number of hydrogen-bond donors (Lipinski definition) is 2. The van der Waals surface area contributed by atoms with Crippen molar-refractivity contribution < 1.29 is 19.4 Å². The van der Waals surface area contributed by atoms with E-state index in [2.05, 4.69) is 34.7 Å². The maximum atomic E-state index is 12.7. The van der Waals surface area contributed by atoms with Crippen molar-refractivity contribution >= 4 is 12.1 Å². The van der Waals surface area contributed by atoms with Crippen LogP contribution >= 0.6 is 0 Å². The minimum atomic E-state index is -1.02. The van der Waals surface area contributed by atoms with Crippen LogP contribution in [0.4, 0.5) is 4.79 Å². The molecule has 1 heterocycles. The van der Waals surface area contributed by atoms with Gasteiger partial charge in [-0.3, -0.25) is 9.48 Å². The molecule has 7 nitrogen and oxygen atoms in total. The van der Waals surface area contributed by atoms with Crippen molar-refractivity contribution in [1.29, 1.82) is 0 Å². The molecule has 1 aliphatic carbocycles. The molecule has 0 saturated carbocycles. The van der Waals surface area contributed by atoms with Crippen LogP contribution in [0.5, 0.6) is 0 Å². The minimum Gasteiger partial charge on any atom is -0.481 e. The molecule has 35 heavy (non-hydrogen) atoms. The van der Waals surface area contributed by atoms with Crippen LogP contribution in [0.25, 0.3) is 11.1 Å². The van der Waals surface area contributed by atoms with Crippen molar-refractivity contribution in [3.63, 3.8) is 0 Å². The molecule has 3 aromatic carbocycles. The Morgan fingerprint density at radius 1 is 0.943 bits per heavy atom. The largest absolute Gasteiger partial charge is 0.481 e. The van der Waals surface area contributed by atoms with Gasteiger partial charge in [0.2, 0.25) is 0 Å². The van der Waals surface area contributed by atoms with E-state index in [1.807, 2.05) is 54.6 Å². The molecule has 0 spiro atoms. The summed E-state index contributed by atoms with van der Waals surface area (Å²) in [6.07, 6.45) is 2.40. The van der Waals surface area contributed by atoms with Gasteiger partial charge < -0.3 is 15.2 Å². The van der Waals surface area contributed by atoms with Crippen LogP contribution < -0.4 is 5.32 Å². The van der Waals surface area contributed by atoms with Crippen LogP contribution in [0.1, 0.15) is 40.6 Å². The van der Waals surface area contributed by atoms with Crippen LogP contribution in [0, 0.1) is 0 Å². The molecule has 2 N–H and O–H groups in total. The SMILES string of the molecule is O=C(O)C[C@H](NC(=O)OCC1c2ccccc2-c2ccccc21)c1cnn(Cc2ccccc2)c1. The van der Waals surface area contributed by atoms with Gasteiger partial charge >= 0.3 is 12.1 Å². The molecule has 0 unspecified atom stereocenters. The Morgan fingerprint density at radius 3 is 2.23 bits per heavy atom. The molecule has 176 valence electrons. The number of amides is 1. The van der Waals surface area contributed by atoms with Crippen LogP contribution in [-0.4, -0.2) is 33.6 Å². The van der Waals surface area contributed by atoms with Gasteiger partial charge in [0.05, 0.1) is 25.2 Å². The number of nitrogens with zero attached hydrogens (tertiary/aromatic N) is 2. The predicted octanol–water partition coefficient (Wildman–Crippen LogP) is 4.99. The maximum Gasteiger partial charge on any atom is 0.407 e. The number of fused-ring (bicyclic) bond motifs is 3. The lowest BCUT2D eigenvalue weighted by atomic mass is 9.98. The monoisotopic (exact) mass is 467 g/mol. The normalized spacial score (nSPS) is 13.0. The van der Waals surface area contributed by atoms with Crippen molar-refractivity contribution in [2.75, 3.05) is 6.61 Å². The van der Waals surface area contributed by atoms with Crippen LogP contribution in [0.15, 0.2) is 91.3 Å². The Hall–Kier alpha value is -4.39. The second-order valence-electron chi connectivity index (χ2n) is 8.58. The number of rotatable bonds is 8. The first-order valence-electron chi connectivity index (χ1n) is 11.5. The minimum absolute atomic E-state index is 0.0697. The van der Waals surface area contributed by atoms with E-state index >= 15 is 0 Å². The molecule has 1 aromatic heterocycles. The highest BCUT2D eigenvalue weighted by Gasteiger charge is 2.29. The summed E-state index contributed by atoms with van der Waals surface area (Å²) in [6, 6.07) is 25.3. The molecule has 5 rings (SSSR count). The third-order valence-corrected chi connectivity index (χ3v) is 6.26. The zero-order chi connectivity index (χ0) is 24.2. The topological polar surface area (TPSA) is 93.5 Å². The maximum absolute atomic E-state index is 12.7. The number of aliphatic carboxylic acids is 1. The summed E-state index contributed by atoms with van der Waals surface area (Å²) in [4.78, 5) is 24.2. The Kier molecular flexibility index (Phi) is 6.30. The van der Waals surface area contributed by atoms with Crippen molar-refractivity contribution in [2.24, 2.45) is 0 Å².